The molecule has 0 spiro atoms. The number of ether oxygens (including phenoxy) is 1. The molecule has 1 aromatic heterocycles. The van der Waals surface area contributed by atoms with Gasteiger partial charge in [0.05, 0.1) is 5.69 Å². The molecule has 1 aliphatic heterocycles. The lowest BCUT2D eigenvalue weighted by Gasteiger charge is -2.34. The third kappa shape index (κ3) is 5.14. The number of carbonyl (C=O) groups excluding carboxylic acids is 3. The molecule has 2 aromatic rings. The fourth-order valence-electron chi connectivity index (χ4n) is 4.66. The average molecular weight is 460 g/mol. The van der Waals surface area contributed by atoms with Gasteiger partial charge in [-0.05, 0) is 48.5 Å². The first-order chi connectivity index (χ1) is 16.1. The van der Waals surface area contributed by atoms with Crippen LogP contribution in [0.25, 0.3) is 11.0 Å². The highest BCUT2D eigenvalue weighted by Crippen LogP contribution is 2.27. The van der Waals surface area contributed by atoms with Crippen molar-refractivity contribution in [2.75, 3.05) is 25.0 Å². The van der Waals surface area contributed by atoms with Crippen molar-refractivity contribution in [3.63, 3.8) is 0 Å². The Morgan fingerprint density at radius 3 is 2.64 bits per heavy atom. The van der Waals surface area contributed by atoms with Crippen molar-refractivity contribution < 1.29 is 29.2 Å². The average Bonchev–Trinajstić information content (AvgIpc) is 3.36. The molecule has 2 heterocycles. The molecule has 1 unspecified atom stereocenters. The normalized spacial score (nSPS) is 19.4. The number of quaternary nitrogens is 1. The molecule has 1 aliphatic carbocycles. The van der Waals surface area contributed by atoms with Gasteiger partial charge in [0.25, 0.3) is 5.91 Å². The summed E-state index contributed by atoms with van der Waals surface area (Å²) >= 11 is 0. The van der Waals surface area contributed by atoms with Gasteiger partial charge in [0.1, 0.15) is 12.6 Å². The Morgan fingerprint density at radius 1 is 1.09 bits per heavy atom. The number of esters is 1. The topological polar surface area (TPSA) is 154 Å². The van der Waals surface area contributed by atoms with Crippen LogP contribution < -0.4 is 10.8 Å². The van der Waals surface area contributed by atoms with Gasteiger partial charge in [-0.25, -0.2) is 9.42 Å². The molecule has 1 saturated heterocycles. The summed E-state index contributed by atoms with van der Waals surface area (Å²) in [4.78, 5) is 39.8. The Kier molecular flexibility index (Phi) is 7.50. The van der Waals surface area contributed by atoms with Crippen LogP contribution in [0.1, 0.15) is 51.4 Å². The molecule has 1 atom stereocenters. The Labute approximate surface area is 190 Å². The van der Waals surface area contributed by atoms with Crippen molar-refractivity contribution >= 4 is 40.1 Å². The highest BCUT2D eigenvalue weighted by atomic mass is 16.6. The summed E-state index contributed by atoms with van der Waals surface area (Å²) < 4.78 is 10.1. The summed E-state index contributed by atoms with van der Waals surface area (Å²) in [6.45, 7) is 0.751. The molecule has 11 heteroatoms. The van der Waals surface area contributed by atoms with Gasteiger partial charge in [0.2, 0.25) is 5.78 Å². The number of carbonyl (C=O) groups is 3. The van der Waals surface area contributed by atoms with Gasteiger partial charge in [0.15, 0.2) is 16.7 Å². The van der Waals surface area contributed by atoms with E-state index in [1.165, 1.54) is 4.90 Å². The number of nitrogens with two attached hydrogens (primary N) is 1. The molecular weight excluding hydrogens is 430 g/mol. The van der Waals surface area contributed by atoms with Gasteiger partial charge >= 0.3 is 5.97 Å². The molecule has 11 nitrogen and oxygen atoms in total. The molecule has 0 bridgehead atoms. The van der Waals surface area contributed by atoms with Crippen LogP contribution >= 0.6 is 0 Å². The number of piperidine rings is 1. The van der Waals surface area contributed by atoms with E-state index in [1.54, 1.807) is 12.1 Å². The number of fused-ring (bicyclic) bond motifs is 1. The monoisotopic (exact) mass is 459 g/mol. The van der Waals surface area contributed by atoms with Crippen LogP contribution in [-0.4, -0.2) is 58.6 Å². The lowest BCUT2D eigenvalue weighted by atomic mass is 9.85. The highest BCUT2D eigenvalue weighted by molar-refractivity contribution is 6.37. The number of nitrogens with zero attached hydrogens (tertiary/aromatic N) is 3. The first kappa shape index (κ1) is 23.1. The molecule has 1 aromatic carbocycles. The largest absolute Gasteiger partial charge is 0.630 e. The minimum atomic E-state index is -0.725. The van der Waals surface area contributed by atoms with Crippen molar-refractivity contribution in [2.45, 2.75) is 57.4 Å². The van der Waals surface area contributed by atoms with Crippen LogP contribution in [0.2, 0.25) is 0 Å². The van der Waals surface area contributed by atoms with Gasteiger partial charge in [-0.3, -0.25) is 9.59 Å². The summed E-state index contributed by atoms with van der Waals surface area (Å²) in [6, 6.07) is 2.55. The third-order valence-corrected chi connectivity index (χ3v) is 6.46. The SMILES string of the molecule is O=C(C(=O)N1CCCCC1C(=O)OCCNc1ccc([NH2+][O-])c2nonc12)C1CCCCC1. The quantitative estimate of drug-likeness (QED) is 0.196. The number of ketones is 1. The summed E-state index contributed by atoms with van der Waals surface area (Å²) in [5.41, 5.74) is 2.41. The van der Waals surface area contributed by atoms with E-state index in [1.807, 2.05) is 0 Å². The van der Waals surface area contributed by atoms with E-state index in [9.17, 15) is 19.6 Å². The first-order valence-electron chi connectivity index (χ1n) is 11.6. The number of hydrogen-bond acceptors (Lipinski definition) is 9. The number of aromatic nitrogens is 2. The highest BCUT2D eigenvalue weighted by Gasteiger charge is 2.38. The lowest BCUT2D eigenvalue weighted by Crippen LogP contribution is -2.70. The predicted molar refractivity (Wildman–Crippen MR) is 117 cm³/mol. The molecule has 0 radical (unpaired) electrons. The van der Waals surface area contributed by atoms with Gasteiger partial charge < -0.3 is 25.6 Å². The van der Waals surface area contributed by atoms with Crippen molar-refractivity contribution in [1.82, 2.24) is 15.2 Å². The van der Waals surface area contributed by atoms with E-state index in [-0.39, 0.29) is 24.9 Å². The van der Waals surface area contributed by atoms with Crippen molar-refractivity contribution in [3.05, 3.63) is 17.3 Å². The van der Waals surface area contributed by atoms with Crippen LogP contribution in [0.15, 0.2) is 16.8 Å². The Balaban J connectivity index is 1.31. The van der Waals surface area contributed by atoms with E-state index in [4.69, 9.17) is 9.37 Å². The van der Waals surface area contributed by atoms with E-state index < -0.39 is 17.9 Å². The van der Waals surface area contributed by atoms with E-state index >= 15 is 0 Å². The number of rotatable bonds is 8. The molecule has 178 valence electrons. The maximum absolute atomic E-state index is 12.9. The number of benzene rings is 1. The van der Waals surface area contributed by atoms with Crippen LogP contribution in [0, 0.1) is 11.1 Å². The molecule has 33 heavy (non-hydrogen) atoms. The summed E-state index contributed by atoms with van der Waals surface area (Å²) in [6.07, 6.45) is 6.61. The Bertz CT molecular complexity index is 1000. The predicted octanol–water partition coefficient (Wildman–Crippen LogP) is 1.40. The van der Waals surface area contributed by atoms with Crippen LogP contribution in [0.5, 0.6) is 0 Å². The van der Waals surface area contributed by atoms with Crippen molar-refractivity contribution in [2.24, 2.45) is 5.92 Å². The van der Waals surface area contributed by atoms with Gasteiger partial charge in [0, 0.05) is 25.1 Å². The van der Waals surface area contributed by atoms with Crippen molar-refractivity contribution in [1.29, 1.82) is 0 Å². The second-order valence-corrected chi connectivity index (χ2v) is 8.59. The first-order valence-corrected chi connectivity index (χ1v) is 11.6. The Hall–Kier alpha value is -3.05. The van der Waals surface area contributed by atoms with E-state index in [0.717, 1.165) is 44.9 Å². The number of amides is 1. The summed E-state index contributed by atoms with van der Waals surface area (Å²) in [5.74, 6) is -1.62. The molecule has 2 aliphatic rings. The van der Waals surface area contributed by atoms with E-state index in [0.29, 0.717) is 40.9 Å². The zero-order chi connectivity index (χ0) is 23.2. The second-order valence-electron chi connectivity index (χ2n) is 8.59. The number of nitrogens with one attached hydrogen (secondary N) is 1. The third-order valence-electron chi connectivity index (χ3n) is 6.46. The fraction of sp³-hybridized carbons (Fsp3) is 0.591. The van der Waals surface area contributed by atoms with Crippen LogP contribution in [-0.2, 0) is 19.1 Å². The summed E-state index contributed by atoms with van der Waals surface area (Å²) in [5, 5.41) is 21.7. The Morgan fingerprint density at radius 2 is 1.85 bits per heavy atom. The zero-order valence-electron chi connectivity index (χ0n) is 18.5. The standard InChI is InChI=1S/C22H29N5O6/c28-20(14-6-2-1-3-7-14)21(29)27-12-5-4-8-17(27)22(30)32-13-11-23-15-9-10-16(24-31)19-18(15)25-33-26-19/h9-10,14,17,23H,1-8,11-13,24H2. The molecule has 3 N–H and O–H groups in total. The van der Waals surface area contributed by atoms with Gasteiger partial charge in [-0.2, -0.15) is 0 Å². The number of anilines is 1. The smallest absolute Gasteiger partial charge is 0.328 e. The second kappa shape index (κ2) is 10.7. The minimum absolute atomic E-state index is 0.0656. The van der Waals surface area contributed by atoms with Crippen LogP contribution in [0.4, 0.5) is 11.4 Å². The molecule has 1 amide bonds. The maximum Gasteiger partial charge on any atom is 0.328 e. The van der Waals surface area contributed by atoms with E-state index in [2.05, 4.69) is 15.6 Å². The number of likely N-dealkylation sites (tertiary alicyclic amines) is 1. The van der Waals surface area contributed by atoms with Crippen LogP contribution in [0.3, 0.4) is 0 Å². The molecular formula is C22H29N5O6. The molecule has 4 rings (SSSR count). The maximum atomic E-state index is 12.9. The zero-order valence-corrected chi connectivity index (χ0v) is 18.5. The summed E-state index contributed by atoms with van der Waals surface area (Å²) in [7, 11) is 0. The fourth-order valence-corrected chi connectivity index (χ4v) is 4.66. The minimum Gasteiger partial charge on any atom is -0.630 e. The lowest BCUT2D eigenvalue weighted by molar-refractivity contribution is -0.495. The molecule has 2 fully saturated rings. The van der Waals surface area contributed by atoms with Crippen molar-refractivity contribution in [3.8, 4) is 0 Å². The van der Waals surface area contributed by atoms with Gasteiger partial charge in [-0.1, -0.05) is 19.3 Å². The molecule has 1 saturated carbocycles. The number of Topliss-reactive ketones (excluding diaryl/α,β-unsaturated/α-hetero) is 1. The number of hydrogen-bond donors (Lipinski definition) is 2. The van der Waals surface area contributed by atoms with Gasteiger partial charge in [-0.15, -0.1) is 0 Å².